The maximum Gasteiger partial charge on any atom is 0.0711 e. The molecule has 0 bridgehead atoms. The van der Waals surface area contributed by atoms with Gasteiger partial charge in [0.05, 0.1) is 12.7 Å². The van der Waals surface area contributed by atoms with Crippen LogP contribution in [0.25, 0.3) is 0 Å². The van der Waals surface area contributed by atoms with Gasteiger partial charge in [0.15, 0.2) is 0 Å². The van der Waals surface area contributed by atoms with Crippen LogP contribution in [0, 0.1) is 0 Å². The predicted octanol–water partition coefficient (Wildman–Crippen LogP) is 0.00970. The molecule has 1 rings (SSSR count). The zero-order valence-corrected chi connectivity index (χ0v) is 6.59. The lowest BCUT2D eigenvalue weighted by atomic mass is 10.2. The molecule has 0 aliphatic carbocycles. The molecule has 1 fully saturated rings. The van der Waals surface area contributed by atoms with Crippen LogP contribution in [-0.2, 0) is 9.47 Å². The molecule has 0 amide bonds. The van der Waals surface area contributed by atoms with Gasteiger partial charge in [-0.3, -0.25) is 0 Å². The lowest BCUT2D eigenvalue weighted by molar-refractivity contribution is 0.110. The van der Waals surface area contributed by atoms with E-state index in [1.165, 1.54) is 0 Å². The molecule has 0 radical (unpaired) electrons. The molecule has 60 valence electrons. The van der Waals surface area contributed by atoms with Gasteiger partial charge in [-0.15, -0.1) is 0 Å². The molecule has 1 saturated heterocycles. The van der Waals surface area contributed by atoms with Gasteiger partial charge < -0.3 is 14.8 Å². The summed E-state index contributed by atoms with van der Waals surface area (Å²) in [5.74, 6) is 0. The molecule has 1 aliphatic rings. The van der Waals surface area contributed by atoms with E-state index in [2.05, 4.69) is 5.32 Å². The van der Waals surface area contributed by atoms with Crippen molar-refractivity contribution < 1.29 is 9.47 Å². The lowest BCUT2D eigenvalue weighted by Crippen LogP contribution is -2.25. The van der Waals surface area contributed by atoms with Crippen LogP contribution in [0.3, 0.4) is 0 Å². The molecule has 2 atom stereocenters. The highest BCUT2D eigenvalue weighted by Gasteiger charge is 2.22. The first-order valence-electron chi connectivity index (χ1n) is 3.62. The van der Waals surface area contributed by atoms with E-state index in [-0.39, 0.29) is 0 Å². The van der Waals surface area contributed by atoms with Gasteiger partial charge in [-0.2, -0.15) is 0 Å². The highest BCUT2D eigenvalue weighted by Crippen LogP contribution is 2.08. The van der Waals surface area contributed by atoms with Gasteiger partial charge in [0, 0.05) is 26.8 Å². The van der Waals surface area contributed by atoms with E-state index in [4.69, 9.17) is 9.47 Å². The highest BCUT2D eigenvalue weighted by atomic mass is 16.5. The fourth-order valence-corrected chi connectivity index (χ4v) is 1.29. The second-order valence-corrected chi connectivity index (χ2v) is 2.65. The molecule has 3 heteroatoms. The molecule has 0 saturated carbocycles. The normalized spacial score (nSPS) is 33.0. The number of hydrogen-bond donors (Lipinski definition) is 1. The Morgan fingerprint density at radius 1 is 1.50 bits per heavy atom. The summed E-state index contributed by atoms with van der Waals surface area (Å²) in [6.45, 7) is 1.75. The quantitative estimate of drug-likeness (QED) is 0.607. The van der Waals surface area contributed by atoms with Gasteiger partial charge >= 0.3 is 0 Å². The van der Waals surface area contributed by atoms with Crippen molar-refractivity contribution in [3.8, 4) is 0 Å². The van der Waals surface area contributed by atoms with Crippen molar-refractivity contribution >= 4 is 0 Å². The Kier molecular flexibility index (Phi) is 3.12. The largest absolute Gasteiger partial charge is 0.383 e. The SMILES string of the molecule is COC[C@@H]1C[C@H](OC)CN1. The van der Waals surface area contributed by atoms with Gasteiger partial charge in [-0.25, -0.2) is 0 Å². The summed E-state index contributed by atoms with van der Waals surface area (Å²) in [7, 11) is 3.48. The van der Waals surface area contributed by atoms with Gasteiger partial charge in [0.25, 0.3) is 0 Å². The summed E-state index contributed by atoms with van der Waals surface area (Å²) in [5.41, 5.74) is 0. The molecule has 0 spiro atoms. The van der Waals surface area contributed by atoms with Crippen LogP contribution in [-0.4, -0.2) is 39.5 Å². The summed E-state index contributed by atoms with van der Waals surface area (Å²) in [6.07, 6.45) is 1.46. The van der Waals surface area contributed by atoms with Gasteiger partial charge in [-0.05, 0) is 6.42 Å². The van der Waals surface area contributed by atoms with Crippen LogP contribution in [0.4, 0.5) is 0 Å². The predicted molar refractivity (Wildman–Crippen MR) is 39.1 cm³/mol. The zero-order valence-electron chi connectivity index (χ0n) is 6.59. The fourth-order valence-electron chi connectivity index (χ4n) is 1.29. The molecule has 0 unspecified atom stereocenters. The third kappa shape index (κ3) is 1.94. The van der Waals surface area contributed by atoms with Crippen LogP contribution in [0.2, 0.25) is 0 Å². The first-order chi connectivity index (χ1) is 4.86. The van der Waals surface area contributed by atoms with Crippen molar-refractivity contribution in [3.05, 3.63) is 0 Å². The number of hydrogen-bond acceptors (Lipinski definition) is 3. The minimum atomic E-state index is 0.389. The van der Waals surface area contributed by atoms with Crippen molar-refractivity contribution in [2.45, 2.75) is 18.6 Å². The molecule has 1 heterocycles. The van der Waals surface area contributed by atoms with E-state index in [0.29, 0.717) is 12.1 Å². The number of nitrogens with one attached hydrogen (secondary N) is 1. The monoisotopic (exact) mass is 145 g/mol. The summed E-state index contributed by atoms with van der Waals surface area (Å²) < 4.78 is 10.2. The average molecular weight is 145 g/mol. The Hall–Kier alpha value is -0.120. The Morgan fingerprint density at radius 2 is 2.30 bits per heavy atom. The van der Waals surface area contributed by atoms with E-state index >= 15 is 0 Å². The first kappa shape index (κ1) is 7.98. The van der Waals surface area contributed by atoms with E-state index in [1.54, 1.807) is 14.2 Å². The summed E-state index contributed by atoms with van der Waals surface area (Å²) >= 11 is 0. The summed E-state index contributed by atoms with van der Waals surface area (Å²) in [4.78, 5) is 0. The molecule has 1 N–H and O–H groups in total. The van der Waals surface area contributed by atoms with Crippen LogP contribution >= 0.6 is 0 Å². The molecule has 1 aliphatic heterocycles. The minimum Gasteiger partial charge on any atom is -0.383 e. The topological polar surface area (TPSA) is 30.5 Å². The Bertz CT molecular complexity index is 97.6. The van der Waals surface area contributed by atoms with E-state index in [0.717, 1.165) is 19.6 Å². The lowest BCUT2D eigenvalue weighted by Gasteiger charge is -2.07. The molecular formula is C7H15NO2. The standard InChI is InChI=1S/C7H15NO2/c1-9-5-6-3-7(10-2)4-8-6/h6-8H,3-5H2,1-2H3/t6-,7-/m0/s1. The number of rotatable bonds is 3. The molecular weight excluding hydrogens is 130 g/mol. The fraction of sp³-hybridized carbons (Fsp3) is 1.00. The smallest absolute Gasteiger partial charge is 0.0711 e. The van der Waals surface area contributed by atoms with Crippen molar-refractivity contribution in [1.29, 1.82) is 0 Å². The highest BCUT2D eigenvalue weighted by molar-refractivity contribution is 4.81. The molecule has 0 aromatic rings. The Morgan fingerprint density at radius 3 is 2.80 bits per heavy atom. The zero-order chi connectivity index (χ0) is 7.40. The third-order valence-corrected chi connectivity index (χ3v) is 1.88. The molecule has 3 nitrogen and oxygen atoms in total. The second-order valence-electron chi connectivity index (χ2n) is 2.65. The van der Waals surface area contributed by atoms with Crippen LogP contribution in [0.15, 0.2) is 0 Å². The maximum absolute atomic E-state index is 5.17. The number of methoxy groups -OCH3 is 2. The van der Waals surface area contributed by atoms with Gasteiger partial charge in [0.1, 0.15) is 0 Å². The van der Waals surface area contributed by atoms with Gasteiger partial charge in [-0.1, -0.05) is 0 Å². The van der Waals surface area contributed by atoms with E-state index in [9.17, 15) is 0 Å². The Labute approximate surface area is 61.7 Å². The van der Waals surface area contributed by atoms with Crippen LogP contribution in [0.5, 0.6) is 0 Å². The number of ether oxygens (including phenoxy) is 2. The van der Waals surface area contributed by atoms with Crippen molar-refractivity contribution in [3.63, 3.8) is 0 Å². The molecule has 10 heavy (non-hydrogen) atoms. The minimum absolute atomic E-state index is 0.389. The van der Waals surface area contributed by atoms with Crippen molar-refractivity contribution in [1.82, 2.24) is 5.32 Å². The third-order valence-electron chi connectivity index (χ3n) is 1.88. The summed E-state index contributed by atoms with van der Waals surface area (Å²) in [6, 6.07) is 0.495. The van der Waals surface area contributed by atoms with Gasteiger partial charge in [0.2, 0.25) is 0 Å². The van der Waals surface area contributed by atoms with E-state index in [1.807, 2.05) is 0 Å². The molecule has 0 aromatic carbocycles. The van der Waals surface area contributed by atoms with Crippen molar-refractivity contribution in [2.24, 2.45) is 0 Å². The summed E-state index contributed by atoms with van der Waals surface area (Å²) in [5, 5.41) is 3.31. The average Bonchev–Trinajstić information content (AvgIpc) is 2.37. The maximum atomic E-state index is 5.17. The first-order valence-corrected chi connectivity index (χ1v) is 3.62. The second kappa shape index (κ2) is 3.91. The van der Waals surface area contributed by atoms with Crippen LogP contribution < -0.4 is 5.32 Å². The Balaban J connectivity index is 2.15. The van der Waals surface area contributed by atoms with Crippen LogP contribution in [0.1, 0.15) is 6.42 Å². The molecule has 0 aromatic heterocycles. The van der Waals surface area contributed by atoms with Crippen molar-refractivity contribution in [2.75, 3.05) is 27.4 Å². The van der Waals surface area contributed by atoms with E-state index < -0.39 is 0 Å².